The molecule has 1 N–H and O–H groups in total. The zero-order chi connectivity index (χ0) is 15.3. The number of hydrogen-bond donors (Lipinski definition) is 1. The Morgan fingerprint density at radius 3 is 2.60 bits per heavy atom. The van der Waals surface area contributed by atoms with Crippen LogP contribution < -0.4 is 10.1 Å². The van der Waals surface area contributed by atoms with Crippen molar-refractivity contribution in [3.8, 4) is 5.75 Å². The lowest BCUT2D eigenvalue weighted by Gasteiger charge is -2.16. The van der Waals surface area contributed by atoms with Crippen LogP contribution in [0.4, 0.5) is 5.69 Å². The zero-order valence-electron chi connectivity index (χ0n) is 12.1. The predicted molar refractivity (Wildman–Crippen MR) is 78.5 cm³/mol. The Balaban J connectivity index is 2.79. The fraction of sp³-hybridized carbons (Fsp3) is 0.462. The molecule has 6 nitrogen and oxygen atoms in total. The summed E-state index contributed by atoms with van der Waals surface area (Å²) < 4.78 is 29.4. The van der Waals surface area contributed by atoms with E-state index in [9.17, 15) is 13.2 Å². The molecular weight excluding hydrogens is 280 g/mol. The molecule has 0 aliphatic rings. The molecule has 0 spiro atoms. The molecule has 20 heavy (non-hydrogen) atoms. The van der Waals surface area contributed by atoms with Crippen LogP contribution in [0.5, 0.6) is 5.75 Å². The van der Waals surface area contributed by atoms with Gasteiger partial charge in [-0.15, -0.1) is 0 Å². The van der Waals surface area contributed by atoms with E-state index in [2.05, 4.69) is 5.32 Å². The summed E-state index contributed by atoms with van der Waals surface area (Å²) in [5.74, 6) is 0.0863. The van der Waals surface area contributed by atoms with Gasteiger partial charge in [-0.3, -0.25) is 4.79 Å². The summed E-state index contributed by atoms with van der Waals surface area (Å²) in [5, 5.41) is 2.66. The van der Waals surface area contributed by atoms with Gasteiger partial charge in [0.2, 0.25) is 15.9 Å². The van der Waals surface area contributed by atoms with Crippen LogP contribution in [0.1, 0.15) is 12.5 Å². The van der Waals surface area contributed by atoms with Crippen LogP contribution in [0, 0.1) is 6.92 Å². The highest BCUT2D eigenvalue weighted by molar-refractivity contribution is 7.89. The van der Waals surface area contributed by atoms with E-state index in [1.54, 1.807) is 12.1 Å². The summed E-state index contributed by atoms with van der Waals surface area (Å²) in [6.07, 6.45) is 0. The van der Waals surface area contributed by atoms with E-state index in [1.807, 2.05) is 13.0 Å². The SMILES string of the molecule is CCS(=O)(=O)N(C)CC(=O)Nc1cc(C)ccc1OC. The minimum absolute atomic E-state index is 0.0372. The van der Waals surface area contributed by atoms with E-state index < -0.39 is 15.9 Å². The normalized spacial score (nSPS) is 11.4. The lowest BCUT2D eigenvalue weighted by molar-refractivity contribution is -0.116. The molecule has 0 radical (unpaired) electrons. The topological polar surface area (TPSA) is 75.7 Å². The van der Waals surface area contributed by atoms with Gasteiger partial charge in [0.1, 0.15) is 5.75 Å². The number of ether oxygens (including phenoxy) is 1. The van der Waals surface area contributed by atoms with Crippen molar-refractivity contribution in [2.24, 2.45) is 0 Å². The number of anilines is 1. The van der Waals surface area contributed by atoms with Gasteiger partial charge in [-0.2, -0.15) is 4.31 Å². The Morgan fingerprint density at radius 2 is 2.05 bits per heavy atom. The van der Waals surface area contributed by atoms with Crippen LogP contribution in [0.2, 0.25) is 0 Å². The third kappa shape index (κ3) is 4.21. The Bertz CT molecular complexity index is 584. The first-order valence-electron chi connectivity index (χ1n) is 6.18. The molecule has 0 saturated heterocycles. The van der Waals surface area contributed by atoms with Gasteiger partial charge >= 0.3 is 0 Å². The molecule has 1 aromatic rings. The van der Waals surface area contributed by atoms with Gasteiger partial charge in [-0.05, 0) is 31.5 Å². The summed E-state index contributed by atoms with van der Waals surface area (Å²) in [7, 11) is -0.479. The number of carbonyl (C=O) groups excluding carboxylic acids is 1. The standard InChI is InChI=1S/C13H20N2O4S/c1-5-20(17,18)15(3)9-13(16)14-11-8-10(2)6-7-12(11)19-4/h6-8H,5,9H2,1-4H3,(H,14,16). The quantitative estimate of drug-likeness (QED) is 0.857. The molecule has 0 fully saturated rings. The van der Waals surface area contributed by atoms with Crippen LogP contribution in [-0.2, 0) is 14.8 Å². The summed E-state index contributed by atoms with van der Waals surface area (Å²) in [6, 6.07) is 5.38. The van der Waals surface area contributed by atoms with Gasteiger partial charge < -0.3 is 10.1 Å². The maximum Gasteiger partial charge on any atom is 0.239 e. The Kier molecular flexibility index (Phi) is 5.52. The van der Waals surface area contributed by atoms with Crippen LogP contribution in [0.25, 0.3) is 0 Å². The third-order valence-corrected chi connectivity index (χ3v) is 4.64. The minimum Gasteiger partial charge on any atom is -0.495 e. The Hall–Kier alpha value is -1.60. The lowest BCUT2D eigenvalue weighted by atomic mass is 10.2. The highest BCUT2D eigenvalue weighted by Crippen LogP contribution is 2.25. The van der Waals surface area contributed by atoms with Crippen molar-refractivity contribution in [1.82, 2.24) is 4.31 Å². The van der Waals surface area contributed by atoms with Gasteiger partial charge in [-0.25, -0.2) is 8.42 Å². The van der Waals surface area contributed by atoms with E-state index in [1.165, 1.54) is 21.1 Å². The molecule has 0 unspecified atom stereocenters. The fourth-order valence-corrected chi connectivity index (χ4v) is 2.38. The van der Waals surface area contributed by atoms with Gasteiger partial charge in [-0.1, -0.05) is 6.07 Å². The first-order chi connectivity index (χ1) is 9.30. The second kappa shape index (κ2) is 6.71. The number of nitrogens with zero attached hydrogens (tertiary/aromatic N) is 1. The summed E-state index contributed by atoms with van der Waals surface area (Å²) in [4.78, 5) is 11.9. The molecule has 1 amide bonds. The highest BCUT2D eigenvalue weighted by Gasteiger charge is 2.19. The number of sulfonamides is 1. The van der Waals surface area contributed by atoms with Crippen molar-refractivity contribution < 1.29 is 17.9 Å². The molecule has 0 bridgehead atoms. The Morgan fingerprint density at radius 1 is 1.40 bits per heavy atom. The van der Waals surface area contributed by atoms with E-state index in [0.29, 0.717) is 11.4 Å². The second-order valence-corrected chi connectivity index (χ2v) is 6.77. The van der Waals surface area contributed by atoms with Gasteiger partial charge in [0.25, 0.3) is 0 Å². The van der Waals surface area contributed by atoms with Crippen molar-refractivity contribution in [2.45, 2.75) is 13.8 Å². The van der Waals surface area contributed by atoms with Crippen LogP contribution in [0.3, 0.4) is 0 Å². The molecular formula is C13H20N2O4S. The number of likely N-dealkylation sites (N-methyl/N-ethyl adjacent to an activating group) is 1. The highest BCUT2D eigenvalue weighted by atomic mass is 32.2. The largest absolute Gasteiger partial charge is 0.495 e. The van der Waals surface area contributed by atoms with Crippen molar-refractivity contribution in [3.05, 3.63) is 23.8 Å². The smallest absolute Gasteiger partial charge is 0.239 e. The molecule has 0 heterocycles. The molecule has 0 saturated carbocycles. The summed E-state index contributed by atoms with van der Waals surface area (Å²) in [6.45, 7) is 3.20. The fourth-order valence-electron chi connectivity index (χ4n) is 1.63. The average Bonchev–Trinajstić information content (AvgIpc) is 2.38. The lowest BCUT2D eigenvalue weighted by Crippen LogP contribution is -2.35. The van der Waals surface area contributed by atoms with E-state index in [-0.39, 0.29) is 12.3 Å². The number of benzene rings is 1. The maximum atomic E-state index is 11.9. The molecule has 1 aromatic carbocycles. The van der Waals surface area contributed by atoms with Gasteiger partial charge in [0.15, 0.2) is 0 Å². The van der Waals surface area contributed by atoms with Crippen LogP contribution >= 0.6 is 0 Å². The molecule has 0 aliphatic carbocycles. The maximum absolute atomic E-state index is 11.9. The number of nitrogens with one attached hydrogen (secondary N) is 1. The molecule has 0 aromatic heterocycles. The molecule has 0 atom stereocenters. The molecule has 0 aliphatic heterocycles. The van der Waals surface area contributed by atoms with Crippen molar-refractivity contribution >= 4 is 21.6 Å². The number of hydrogen-bond acceptors (Lipinski definition) is 4. The van der Waals surface area contributed by atoms with E-state index in [4.69, 9.17) is 4.74 Å². The van der Waals surface area contributed by atoms with Crippen LogP contribution in [0.15, 0.2) is 18.2 Å². The molecule has 7 heteroatoms. The first kappa shape index (κ1) is 16.5. The van der Waals surface area contributed by atoms with E-state index >= 15 is 0 Å². The van der Waals surface area contributed by atoms with Crippen molar-refractivity contribution in [3.63, 3.8) is 0 Å². The molecule has 1 rings (SSSR count). The van der Waals surface area contributed by atoms with E-state index in [0.717, 1.165) is 9.87 Å². The predicted octanol–water partition coefficient (Wildman–Crippen LogP) is 1.22. The Labute approximate surface area is 119 Å². The number of carbonyl (C=O) groups is 1. The first-order valence-corrected chi connectivity index (χ1v) is 7.79. The summed E-state index contributed by atoms with van der Waals surface area (Å²) in [5.41, 5.74) is 1.50. The number of rotatable bonds is 6. The number of aryl methyl sites for hydroxylation is 1. The minimum atomic E-state index is -3.37. The second-order valence-electron chi connectivity index (χ2n) is 4.41. The number of methoxy groups -OCH3 is 1. The van der Waals surface area contributed by atoms with Gasteiger partial charge in [0, 0.05) is 7.05 Å². The number of amides is 1. The summed E-state index contributed by atoms with van der Waals surface area (Å²) >= 11 is 0. The monoisotopic (exact) mass is 300 g/mol. The van der Waals surface area contributed by atoms with Crippen molar-refractivity contribution in [2.75, 3.05) is 31.8 Å². The zero-order valence-corrected chi connectivity index (χ0v) is 13.0. The van der Waals surface area contributed by atoms with Crippen molar-refractivity contribution in [1.29, 1.82) is 0 Å². The van der Waals surface area contributed by atoms with Gasteiger partial charge in [0.05, 0.1) is 25.1 Å². The average molecular weight is 300 g/mol. The van der Waals surface area contributed by atoms with Crippen LogP contribution in [-0.4, -0.2) is 45.1 Å². The third-order valence-electron chi connectivity index (χ3n) is 2.84. The molecule has 112 valence electrons.